The maximum atomic E-state index is 12.0. The van der Waals surface area contributed by atoms with E-state index in [2.05, 4.69) is 86.6 Å². The Balaban J connectivity index is 0.000000456. The van der Waals surface area contributed by atoms with Gasteiger partial charge in [0, 0.05) is 12.8 Å². The van der Waals surface area contributed by atoms with Crippen molar-refractivity contribution in [3.8, 4) is 18.0 Å². The van der Waals surface area contributed by atoms with Crippen molar-refractivity contribution in [3.05, 3.63) is 172 Å². The number of allylic oxidation sites excluding steroid dienone is 1. The van der Waals surface area contributed by atoms with Crippen LogP contribution in [0.1, 0.15) is 76.7 Å². The van der Waals surface area contributed by atoms with Crippen LogP contribution in [0.15, 0.2) is 149 Å². The van der Waals surface area contributed by atoms with Crippen LogP contribution in [0.25, 0.3) is 0 Å². The number of aromatic nitrogens is 3. The van der Waals surface area contributed by atoms with E-state index in [1.165, 1.54) is 55.3 Å². The van der Waals surface area contributed by atoms with Gasteiger partial charge in [-0.2, -0.15) is 0 Å². The summed E-state index contributed by atoms with van der Waals surface area (Å²) in [6, 6.07) is 14.5. The van der Waals surface area contributed by atoms with Crippen molar-refractivity contribution in [1.29, 1.82) is 0 Å². The van der Waals surface area contributed by atoms with Crippen molar-refractivity contribution in [1.82, 2.24) is 15.0 Å². The van der Waals surface area contributed by atoms with E-state index in [9.17, 15) is 19.2 Å². The second-order valence-electron chi connectivity index (χ2n) is 13.9. The van der Waals surface area contributed by atoms with Gasteiger partial charge in [0.15, 0.2) is 0 Å². The number of ether oxygens (including phenoxy) is 7. The molecule has 348 valence electrons. The molecule has 4 rings (SSSR count). The summed E-state index contributed by atoms with van der Waals surface area (Å²) >= 11 is 0. The normalized spacial score (nSPS) is 14.3. The minimum Gasteiger partial charge on any atom is -0.462 e. The van der Waals surface area contributed by atoms with Crippen LogP contribution in [0, 0.1) is 11.8 Å². The molecule has 0 saturated heterocycles. The molecule has 1 aliphatic carbocycles. The molecular weight excluding hydrogens is 831 g/mol. The molecule has 1 aromatic heterocycles. The molecule has 1 aliphatic rings. The number of hydrogen-bond donors (Lipinski definition) is 0. The molecule has 14 heteroatoms. The van der Waals surface area contributed by atoms with Crippen molar-refractivity contribution in [2.24, 2.45) is 11.8 Å². The van der Waals surface area contributed by atoms with E-state index < -0.39 is 17.9 Å². The van der Waals surface area contributed by atoms with E-state index >= 15 is 0 Å². The molecule has 65 heavy (non-hydrogen) atoms. The Hall–Kier alpha value is -7.35. The second kappa shape index (κ2) is 33.2. The number of benzene rings is 2. The minimum atomic E-state index is -0.703. The van der Waals surface area contributed by atoms with Crippen molar-refractivity contribution < 1.29 is 52.3 Å². The number of nitrogens with zero attached hydrogens (tertiary/aromatic N) is 3. The predicted octanol–water partition coefficient (Wildman–Crippen LogP) is 9.63. The Morgan fingerprint density at radius 2 is 0.969 bits per heavy atom. The fraction of sp³-hybridized carbons (Fsp3) is 0.314. The average molecular weight is 894 g/mol. The first-order valence-corrected chi connectivity index (χ1v) is 20.7. The van der Waals surface area contributed by atoms with Crippen LogP contribution >= 0.6 is 0 Å². The number of hydrogen-bond acceptors (Lipinski definition) is 14. The molecule has 3 unspecified atom stereocenters. The first-order valence-electron chi connectivity index (χ1n) is 20.7. The highest BCUT2D eigenvalue weighted by molar-refractivity contribution is 6.00. The molecule has 1 fully saturated rings. The lowest BCUT2D eigenvalue weighted by atomic mass is 9.78. The van der Waals surface area contributed by atoms with Gasteiger partial charge < -0.3 is 33.2 Å². The minimum absolute atomic E-state index is 0.000214. The number of esters is 4. The predicted molar refractivity (Wildman–Crippen MR) is 252 cm³/mol. The van der Waals surface area contributed by atoms with Gasteiger partial charge in [-0.25, -0.2) is 14.4 Å². The molecule has 0 amide bonds. The van der Waals surface area contributed by atoms with Crippen molar-refractivity contribution in [2.45, 2.75) is 52.6 Å². The van der Waals surface area contributed by atoms with Crippen LogP contribution in [0.5, 0.6) is 18.0 Å². The maximum Gasteiger partial charge on any atom is 0.338 e. The van der Waals surface area contributed by atoms with E-state index in [0.29, 0.717) is 11.8 Å². The van der Waals surface area contributed by atoms with Crippen LogP contribution < -0.4 is 14.2 Å². The van der Waals surface area contributed by atoms with E-state index in [1.807, 2.05) is 31.2 Å². The second-order valence-corrected chi connectivity index (χ2v) is 13.9. The van der Waals surface area contributed by atoms with Gasteiger partial charge in [-0.15, -0.1) is 21.5 Å². The number of rotatable bonds is 22. The zero-order chi connectivity index (χ0) is 48.4. The van der Waals surface area contributed by atoms with E-state index in [0.717, 1.165) is 24.8 Å². The molecule has 0 radical (unpaired) electrons. The SMILES string of the molecule is C=C(C)C1CCC(C)CC1OC(C)=O.C=CCOC(=O)c1cc(C(=O)OCC=C)cc(C(=O)OCC=C)c1.C=CCOc1nc(OCC=C)nc(OCC=C)n1.C=CCc1ccccc1. The number of carbonyl (C=O) groups is 4. The van der Waals surface area contributed by atoms with Crippen LogP contribution in [0.2, 0.25) is 0 Å². The van der Waals surface area contributed by atoms with Gasteiger partial charge in [0.25, 0.3) is 0 Å². The third kappa shape index (κ3) is 23.6. The lowest BCUT2D eigenvalue weighted by Crippen LogP contribution is -2.32. The van der Waals surface area contributed by atoms with E-state index in [4.69, 9.17) is 33.2 Å². The Morgan fingerprint density at radius 1 is 0.585 bits per heavy atom. The Bertz CT molecular complexity index is 1870. The Morgan fingerprint density at radius 3 is 1.29 bits per heavy atom. The van der Waals surface area contributed by atoms with Gasteiger partial charge in [-0.1, -0.05) is 131 Å². The molecule has 0 spiro atoms. The lowest BCUT2D eigenvalue weighted by molar-refractivity contribution is -0.150. The summed E-state index contributed by atoms with van der Waals surface area (Å²) in [4.78, 5) is 58.7. The number of carbonyl (C=O) groups excluding carboxylic acids is 4. The van der Waals surface area contributed by atoms with Gasteiger partial charge >= 0.3 is 41.9 Å². The van der Waals surface area contributed by atoms with Crippen molar-refractivity contribution in [3.63, 3.8) is 0 Å². The highest BCUT2D eigenvalue weighted by atomic mass is 16.6. The largest absolute Gasteiger partial charge is 0.462 e. The summed E-state index contributed by atoms with van der Waals surface area (Å²) in [6.07, 6.45) is 15.2. The monoisotopic (exact) mass is 893 g/mol. The highest BCUT2D eigenvalue weighted by Gasteiger charge is 2.31. The lowest BCUT2D eigenvalue weighted by Gasteiger charge is -2.34. The summed E-state index contributed by atoms with van der Waals surface area (Å²) in [6.45, 7) is 35.1. The average Bonchev–Trinajstić information content (AvgIpc) is 3.30. The van der Waals surface area contributed by atoms with E-state index in [1.54, 1.807) is 18.2 Å². The topological polar surface area (TPSA) is 172 Å². The van der Waals surface area contributed by atoms with Gasteiger partial charge in [0.2, 0.25) is 0 Å². The fourth-order valence-electron chi connectivity index (χ4n) is 5.57. The molecule has 3 atom stereocenters. The third-order valence-electron chi connectivity index (χ3n) is 8.43. The Labute approximate surface area is 383 Å². The maximum absolute atomic E-state index is 12.0. The van der Waals surface area contributed by atoms with Gasteiger partial charge in [0.1, 0.15) is 45.7 Å². The van der Waals surface area contributed by atoms with Crippen LogP contribution in [0.3, 0.4) is 0 Å². The van der Waals surface area contributed by atoms with E-state index in [-0.39, 0.29) is 86.4 Å². The molecule has 3 aromatic rings. The van der Waals surface area contributed by atoms with Crippen molar-refractivity contribution in [2.75, 3.05) is 39.6 Å². The zero-order valence-electron chi connectivity index (χ0n) is 38.0. The summed E-state index contributed by atoms with van der Waals surface area (Å²) in [5, 5.41) is 0. The first-order chi connectivity index (χ1) is 31.3. The molecule has 0 bridgehead atoms. The van der Waals surface area contributed by atoms with Gasteiger partial charge in [-0.3, -0.25) is 4.79 Å². The van der Waals surface area contributed by atoms with Crippen LogP contribution in [0.4, 0.5) is 0 Å². The molecular formula is C51H63N3O11. The third-order valence-corrected chi connectivity index (χ3v) is 8.43. The highest BCUT2D eigenvalue weighted by Crippen LogP contribution is 2.34. The van der Waals surface area contributed by atoms with Crippen LogP contribution in [-0.4, -0.2) is 84.6 Å². The fourth-order valence-corrected chi connectivity index (χ4v) is 5.57. The smallest absolute Gasteiger partial charge is 0.338 e. The molecule has 0 aliphatic heterocycles. The molecule has 14 nitrogen and oxygen atoms in total. The summed E-state index contributed by atoms with van der Waals surface area (Å²) in [5.41, 5.74) is 2.54. The summed E-state index contributed by atoms with van der Waals surface area (Å²) in [5.74, 6) is -1.25. The molecule has 1 saturated carbocycles. The van der Waals surface area contributed by atoms with Gasteiger partial charge in [-0.05, 0) is 62.3 Å². The molecule has 2 aromatic carbocycles. The quantitative estimate of drug-likeness (QED) is 0.0530. The summed E-state index contributed by atoms with van der Waals surface area (Å²) in [7, 11) is 0. The van der Waals surface area contributed by atoms with Gasteiger partial charge in [0.05, 0.1) is 16.7 Å². The standard InChI is InChI=1S/C18H18O6.C12H15N3O3.C12H20O2.C9H10/c1-4-7-22-16(19)13-10-14(17(20)23-8-5-2)12-15(11-13)18(21)24-9-6-3;1-4-7-16-10-13-11(17-8-5-2)15-12(14-10)18-9-6-3;1-8(2)11-6-5-9(3)7-12(11)14-10(4)13;1-2-6-9-7-4-3-5-8-9/h4-6,10-12H,1-3,7-9H2;4-6H,1-3,7-9H2;9,11-12H,1,5-7H2,2-4H3;2-5,7-8H,1,6H2. The Kier molecular flexibility index (Phi) is 28.5. The zero-order valence-corrected chi connectivity index (χ0v) is 38.0. The molecule has 0 N–H and O–H groups in total. The first kappa shape index (κ1) is 55.7. The van der Waals surface area contributed by atoms with Crippen molar-refractivity contribution >= 4 is 23.9 Å². The molecule has 1 heterocycles. The van der Waals surface area contributed by atoms with Crippen LogP contribution in [-0.2, 0) is 30.2 Å². The summed E-state index contributed by atoms with van der Waals surface area (Å²) < 4.78 is 35.7.